The van der Waals surface area contributed by atoms with Gasteiger partial charge in [-0.3, -0.25) is 24.2 Å². The Kier molecular flexibility index (Phi) is 5.60. The van der Waals surface area contributed by atoms with Crippen molar-refractivity contribution in [3.05, 3.63) is 70.8 Å². The van der Waals surface area contributed by atoms with Gasteiger partial charge in [-0.1, -0.05) is 57.2 Å². The topological polar surface area (TPSA) is 86.8 Å². The Bertz CT molecular complexity index is 1100. The smallest absolute Gasteiger partial charge is 0.319 e. The van der Waals surface area contributed by atoms with Gasteiger partial charge in [0.2, 0.25) is 0 Å². The summed E-state index contributed by atoms with van der Waals surface area (Å²) in [5.41, 5.74) is 1.61. The molecule has 0 aromatic heterocycles. The second-order valence-corrected chi connectivity index (χ2v) is 9.85. The van der Waals surface area contributed by atoms with E-state index in [4.69, 9.17) is 0 Å². The normalized spacial score (nSPS) is 20.5. The average molecular weight is 448 g/mol. The third kappa shape index (κ3) is 3.92. The molecular formula is C26H29N3O4. The third-order valence-electron chi connectivity index (χ3n) is 6.49. The van der Waals surface area contributed by atoms with E-state index in [0.29, 0.717) is 24.0 Å². The Morgan fingerprint density at radius 3 is 1.82 bits per heavy atom. The first kappa shape index (κ1) is 22.7. The van der Waals surface area contributed by atoms with Gasteiger partial charge in [-0.05, 0) is 48.4 Å². The van der Waals surface area contributed by atoms with E-state index in [9.17, 15) is 19.2 Å². The number of unbranched alkanes of at least 4 members (excludes halogenated alkanes) is 1. The molecule has 4 rings (SSSR count). The Morgan fingerprint density at radius 2 is 1.30 bits per heavy atom. The number of hydrogen-bond donors (Lipinski definition) is 1. The molecule has 0 radical (unpaired) electrons. The first-order chi connectivity index (χ1) is 15.5. The van der Waals surface area contributed by atoms with Gasteiger partial charge in [-0.15, -0.1) is 0 Å². The van der Waals surface area contributed by atoms with Crippen molar-refractivity contribution in [3.8, 4) is 0 Å². The summed E-state index contributed by atoms with van der Waals surface area (Å²) in [6.45, 7) is 8.56. The molecule has 1 saturated heterocycles. The van der Waals surface area contributed by atoms with Crippen LogP contribution < -0.4 is 5.32 Å². The molecule has 2 heterocycles. The zero-order valence-corrected chi connectivity index (χ0v) is 19.5. The summed E-state index contributed by atoms with van der Waals surface area (Å²) in [5.74, 6) is -0.884. The van der Waals surface area contributed by atoms with E-state index in [1.807, 2.05) is 24.3 Å². The summed E-state index contributed by atoms with van der Waals surface area (Å²) in [6, 6.07) is 14.1. The molecule has 7 heteroatoms. The van der Waals surface area contributed by atoms with Crippen LogP contribution in [0.15, 0.2) is 48.5 Å². The molecule has 2 aliphatic rings. The van der Waals surface area contributed by atoms with Crippen molar-refractivity contribution < 1.29 is 19.2 Å². The van der Waals surface area contributed by atoms with Crippen LogP contribution in [0.3, 0.4) is 0 Å². The van der Waals surface area contributed by atoms with Crippen molar-refractivity contribution >= 4 is 23.8 Å². The number of imide groups is 2. The first-order valence-electron chi connectivity index (χ1n) is 11.2. The SMILES string of the molecule is CC(C)(C)c1ccc(C2(C)NC(=O)N(CCCCN3C(=O)c4ccccc4C3=O)C2=O)cc1. The van der Waals surface area contributed by atoms with Crippen LogP contribution >= 0.6 is 0 Å². The molecule has 2 aromatic carbocycles. The van der Waals surface area contributed by atoms with Gasteiger partial charge in [-0.2, -0.15) is 0 Å². The number of hydrogen-bond acceptors (Lipinski definition) is 4. The number of amides is 5. The number of fused-ring (bicyclic) bond motifs is 1. The predicted octanol–water partition coefficient (Wildman–Crippen LogP) is 3.83. The number of urea groups is 1. The van der Waals surface area contributed by atoms with Crippen LogP contribution in [0.2, 0.25) is 0 Å². The quantitative estimate of drug-likeness (QED) is 0.414. The van der Waals surface area contributed by atoms with E-state index in [1.165, 1.54) is 9.80 Å². The summed E-state index contributed by atoms with van der Waals surface area (Å²) < 4.78 is 0. The maximum absolute atomic E-state index is 13.1. The van der Waals surface area contributed by atoms with Crippen molar-refractivity contribution in [2.75, 3.05) is 13.1 Å². The summed E-state index contributed by atoms with van der Waals surface area (Å²) >= 11 is 0. The lowest BCUT2D eigenvalue weighted by Gasteiger charge is -2.24. The minimum Gasteiger partial charge on any atom is -0.319 e. The second-order valence-electron chi connectivity index (χ2n) is 9.85. The number of benzene rings is 2. The zero-order valence-electron chi connectivity index (χ0n) is 19.5. The summed E-state index contributed by atoms with van der Waals surface area (Å²) in [5, 5.41) is 2.83. The lowest BCUT2D eigenvalue weighted by atomic mass is 9.84. The Balaban J connectivity index is 1.36. The highest BCUT2D eigenvalue weighted by molar-refractivity contribution is 6.21. The highest BCUT2D eigenvalue weighted by atomic mass is 16.2. The molecule has 0 bridgehead atoms. The van der Waals surface area contributed by atoms with E-state index in [1.54, 1.807) is 31.2 Å². The van der Waals surface area contributed by atoms with Crippen LogP contribution in [-0.4, -0.2) is 46.6 Å². The molecule has 2 aromatic rings. The molecule has 1 unspecified atom stereocenters. The summed E-state index contributed by atoms with van der Waals surface area (Å²) in [6.07, 6.45) is 0.991. The van der Waals surface area contributed by atoms with Crippen molar-refractivity contribution in [1.29, 1.82) is 0 Å². The minimum absolute atomic E-state index is 0.00607. The summed E-state index contributed by atoms with van der Waals surface area (Å²) in [4.78, 5) is 53.1. The fraction of sp³-hybridized carbons (Fsp3) is 0.385. The lowest BCUT2D eigenvalue weighted by molar-refractivity contribution is -0.131. The maximum Gasteiger partial charge on any atom is 0.325 e. The van der Waals surface area contributed by atoms with Gasteiger partial charge in [0.1, 0.15) is 5.54 Å². The second kappa shape index (κ2) is 8.14. The molecule has 0 spiro atoms. The van der Waals surface area contributed by atoms with E-state index in [-0.39, 0.29) is 36.2 Å². The molecule has 5 amide bonds. The number of carbonyl (C=O) groups excluding carboxylic acids is 4. The zero-order chi connectivity index (χ0) is 24.0. The van der Waals surface area contributed by atoms with Crippen LogP contribution in [-0.2, 0) is 15.7 Å². The minimum atomic E-state index is -1.12. The molecule has 33 heavy (non-hydrogen) atoms. The van der Waals surface area contributed by atoms with Crippen LogP contribution in [0.25, 0.3) is 0 Å². The fourth-order valence-corrected chi connectivity index (χ4v) is 4.38. The molecule has 0 aliphatic carbocycles. The molecule has 0 saturated carbocycles. The van der Waals surface area contributed by atoms with Gasteiger partial charge in [0.25, 0.3) is 17.7 Å². The Morgan fingerprint density at radius 1 is 0.788 bits per heavy atom. The van der Waals surface area contributed by atoms with E-state index >= 15 is 0 Å². The molecule has 7 nitrogen and oxygen atoms in total. The van der Waals surface area contributed by atoms with E-state index < -0.39 is 11.6 Å². The van der Waals surface area contributed by atoms with Crippen LogP contribution in [0.4, 0.5) is 4.79 Å². The standard InChI is InChI=1S/C26H29N3O4/c1-25(2,3)17-11-13-18(14-12-17)26(4)23(32)29(24(33)27-26)16-8-7-15-28-21(30)19-9-5-6-10-20(19)22(28)31/h5-6,9-14H,7-8,15-16H2,1-4H3,(H,27,33). The van der Waals surface area contributed by atoms with Crippen LogP contribution in [0, 0.1) is 0 Å². The molecule has 1 fully saturated rings. The van der Waals surface area contributed by atoms with Gasteiger partial charge in [0.05, 0.1) is 11.1 Å². The highest BCUT2D eigenvalue weighted by Gasteiger charge is 2.48. The maximum atomic E-state index is 13.1. The molecular weight excluding hydrogens is 418 g/mol. The van der Waals surface area contributed by atoms with Crippen LogP contribution in [0.5, 0.6) is 0 Å². The predicted molar refractivity (Wildman–Crippen MR) is 124 cm³/mol. The van der Waals surface area contributed by atoms with Gasteiger partial charge in [0, 0.05) is 13.1 Å². The van der Waals surface area contributed by atoms with E-state index in [2.05, 4.69) is 26.1 Å². The molecule has 1 N–H and O–H groups in total. The largest absolute Gasteiger partial charge is 0.325 e. The Labute approximate surface area is 193 Å². The van der Waals surface area contributed by atoms with Gasteiger partial charge in [-0.25, -0.2) is 4.79 Å². The summed E-state index contributed by atoms with van der Waals surface area (Å²) in [7, 11) is 0. The lowest BCUT2D eigenvalue weighted by Crippen LogP contribution is -2.41. The Hall–Kier alpha value is -3.48. The van der Waals surface area contributed by atoms with Crippen molar-refractivity contribution in [1.82, 2.24) is 15.1 Å². The highest BCUT2D eigenvalue weighted by Crippen LogP contribution is 2.31. The van der Waals surface area contributed by atoms with Gasteiger partial charge in [0.15, 0.2) is 0 Å². The van der Waals surface area contributed by atoms with E-state index in [0.717, 1.165) is 11.1 Å². The molecule has 172 valence electrons. The third-order valence-corrected chi connectivity index (χ3v) is 6.49. The number of rotatable bonds is 6. The average Bonchev–Trinajstić information content (AvgIpc) is 3.15. The van der Waals surface area contributed by atoms with Gasteiger partial charge < -0.3 is 5.32 Å². The van der Waals surface area contributed by atoms with Crippen molar-refractivity contribution in [2.24, 2.45) is 0 Å². The number of nitrogens with zero attached hydrogens (tertiary/aromatic N) is 2. The number of carbonyl (C=O) groups is 4. The molecule has 2 aliphatic heterocycles. The fourth-order valence-electron chi connectivity index (χ4n) is 4.38. The molecule has 1 atom stereocenters. The first-order valence-corrected chi connectivity index (χ1v) is 11.2. The van der Waals surface area contributed by atoms with Crippen molar-refractivity contribution in [3.63, 3.8) is 0 Å². The van der Waals surface area contributed by atoms with Crippen molar-refractivity contribution in [2.45, 2.75) is 51.5 Å². The van der Waals surface area contributed by atoms with Crippen LogP contribution in [0.1, 0.15) is 72.4 Å². The number of nitrogens with one attached hydrogen (secondary N) is 1. The monoisotopic (exact) mass is 447 g/mol. The van der Waals surface area contributed by atoms with Gasteiger partial charge >= 0.3 is 6.03 Å².